The fraction of sp³-hybridized carbons (Fsp3) is 0.533. The first-order valence-corrected chi connectivity index (χ1v) is 6.56. The Morgan fingerprint density at radius 1 is 1.22 bits per heavy atom. The molecule has 0 saturated carbocycles. The first-order chi connectivity index (χ1) is 8.83. The van der Waals surface area contributed by atoms with Crippen LogP contribution in [0.15, 0.2) is 24.3 Å². The van der Waals surface area contributed by atoms with Gasteiger partial charge >= 0.3 is 0 Å². The lowest BCUT2D eigenvalue weighted by atomic mass is 10.1. The van der Waals surface area contributed by atoms with Gasteiger partial charge in [0.05, 0.1) is 31.0 Å². The van der Waals surface area contributed by atoms with Crippen LogP contribution in [0.4, 0.5) is 0 Å². The number of nitriles is 1. The van der Waals surface area contributed by atoms with Gasteiger partial charge in [-0.25, -0.2) is 0 Å². The van der Waals surface area contributed by atoms with Gasteiger partial charge in [0, 0.05) is 0 Å². The molecule has 0 unspecified atom stereocenters. The van der Waals surface area contributed by atoms with Gasteiger partial charge in [0.1, 0.15) is 6.10 Å². The van der Waals surface area contributed by atoms with Crippen LogP contribution in [0.2, 0.25) is 0 Å². The summed E-state index contributed by atoms with van der Waals surface area (Å²) in [6.45, 7) is 3.47. The maximum atomic E-state index is 8.75. The van der Waals surface area contributed by atoms with E-state index >= 15 is 0 Å². The van der Waals surface area contributed by atoms with Gasteiger partial charge in [-0.1, -0.05) is 31.9 Å². The van der Waals surface area contributed by atoms with E-state index in [0.717, 1.165) is 12.0 Å². The summed E-state index contributed by atoms with van der Waals surface area (Å²) in [6.07, 6.45) is 3.72. The van der Waals surface area contributed by atoms with Crippen molar-refractivity contribution < 1.29 is 9.47 Å². The van der Waals surface area contributed by atoms with Crippen LogP contribution in [-0.2, 0) is 9.47 Å². The van der Waals surface area contributed by atoms with Crippen molar-refractivity contribution in [1.82, 2.24) is 0 Å². The predicted molar refractivity (Wildman–Crippen MR) is 69.1 cm³/mol. The maximum absolute atomic E-state index is 8.75. The second-order valence-corrected chi connectivity index (χ2v) is 4.65. The van der Waals surface area contributed by atoms with Crippen LogP contribution in [-0.4, -0.2) is 19.3 Å². The normalized spacial score (nSPS) is 23.6. The lowest BCUT2D eigenvalue weighted by molar-refractivity contribution is -0.137. The van der Waals surface area contributed by atoms with Crippen molar-refractivity contribution >= 4 is 0 Å². The number of benzene rings is 1. The molecule has 1 aromatic rings. The van der Waals surface area contributed by atoms with Gasteiger partial charge in [-0.15, -0.1) is 0 Å². The molecule has 1 aliphatic heterocycles. The largest absolute Gasteiger partial charge is 0.373 e. The topological polar surface area (TPSA) is 42.2 Å². The van der Waals surface area contributed by atoms with Crippen LogP contribution in [0, 0.1) is 11.3 Å². The highest BCUT2D eigenvalue weighted by Gasteiger charge is 2.22. The molecule has 1 saturated heterocycles. The lowest BCUT2D eigenvalue weighted by Crippen LogP contribution is -2.31. The molecule has 0 amide bonds. The minimum Gasteiger partial charge on any atom is -0.373 e. The molecule has 0 bridgehead atoms. The summed E-state index contributed by atoms with van der Waals surface area (Å²) in [5, 5.41) is 8.75. The fourth-order valence-corrected chi connectivity index (χ4v) is 2.11. The Bertz CT molecular complexity index is 399. The third-order valence-corrected chi connectivity index (χ3v) is 3.26. The smallest absolute Gasteiger partial charge is 0.106 e. The van der Waals surface area contributed by atoms with Crippen LogP contribution in [0.3, 0.4) is 0 Å². The van der Waals surface area contributed by atoms with Gasteiger partial charge in [0.25, 0.3) is 0 Å². The minimum absolute atomic E-state index is 0.00983. The molecule has 1 aromatic carbocycles. The Hall–Kier alpha value is -1.37. The molecule has 0 radical (unpaired) electrons. The maximum Gasteiger partial charge on any atom is 0.106 e. The standard InChI is InChI=1S/C15H19NO2/c1-2-3-4-14-10-18-15(11-17-14)13-7-5-12(9-16)6-8-13/h5-8,14-15H,2-4,10-11H2,1H3/t14-,15-/m1/s1. The van der Waals surface area contributed by atoms with Crippen molar-refractivity contribution in [2.45, 2.75) is 38.4 Å². The van der Waals surface area contributed by atoms with E-state index < -0.39 is 0 Å². The lowest BCUT2D eigenvalue weighted by Gasteiger charge is -2.29. The number of hydrogen-bond acceptors (Lipinski definition) is 3. The first-order valence-electron chi connectivity index (χ1n) is 6.56. The monoisotopic (exact) mass is 245 g/mol. The van der Waals surface area contributed by atoms with Crippen LogP contribution >= 0.6 is 0 Å². The molecule has 3 nitrogen and oxygen atoms in total. The third kappa shape index (κ3) is 3.32. The number of ether oxygens (including phenoxy) is 2. The zero-order valence-corrected chi connectivity index (χ0v) is 10.8. The molecule has 3 heteroatoms. The molecule has 96 valence electrons. The van der Waals surface area contributed by atoms with Crippen molar-refractivity contribution in [2.75, 3.05) is 13.2 Å². The summed E-state index contributed by atoms with van der Waals surface area (Å²) in [4.78, 5) is 0. The van der Waals surface area contributed by atoms with Crippen LogP contribution in [0.1, 0.15) is 43.4 Å². The Morgan fingerprint density at radius 3 is 2.56 bits per heavy atom. The molecule has 1 fully saturated rings. The summed E-state index contributed by atoms with van der Waals surface area (Å²) in [6, 6.07) is 9.64. The van der Waals surface area contributed by atoms with Gasteiger partial charge in [0.15, 0.2) is 0 Å². The molecule has 1 heterocycles. The van der Waals surface area contributed by atoms with Gasteiger partial charge in [-0.2, -0.15) is 5.26 Å². The molecule has 0 spiro atoms. The average molecular weight is 245 g/mol. The first kappa shape index (κ1) is 13.1. The number of rotatable bonds is 4. The SMILES string of the molecule is CCCC[C@@H]1CO[C@@H](c2ccc(C#N)cc2)CO1. The van der Waals surface area contributed by atoms with Gasteiger partial charge in [-0.05, 0) is 24.1 Å². The Labute approximate surface area is 108 Å². The van der Waals surface area contributed by atoms with Crippen molar-refractivity contribution in [2.24, 2.45) is 0 Å². The molecule has 2 rings (SSSR count). The minimum atomic E-state index is 0.00983. The van der Waals surface area contributed by atoms with Gasteiger partial charge in [-0.3, -0.25) is 0 Å². The summed E-state index contributed by atoms with van der Waals surface area (Å²) in [5.74, 6) is 0. The quantitative estimate of drug-likeness (QED) is 0.818. The molecule has 0 aliphatic carbocycles. The predicted octanol–water partition coefficient (Wildman–Crippen LogP) is 3.20. The van der Waals surface area contributed by atoms with E-state index in [-0.39, 0.29) is 12.2 Å². The number of unbranched alkanes of at least 4 members (excludes halogenated alkanes) is 1. The van der Waals surface area contributed by atoms with Crippen molar-refractivity contribution in [1.29, 1.82) is 5.26 Å². The van der Waals surface area contributed by atoms with Crippen LogP contribution in [0.5, 0.6) is 0 Å². The molecule has 0 aromatic heterocycles. The number of nitrogens with zero attached hydrogens (tertiary/aromatic N) is 1. The molecular formula is C15H19NO2. The molecule has 18 heavy (non-hydrogen) atoms. The van der Waals surface area contributed by atoms with Crippen LogP contribution < -0.4 is 0 Å². The fourth-order valence-electron chi connectivity index (χ4n) is 2.11. The molecule has 1 aliphatic rings. The Kier molecular flexibility index (Phi) is 4.74. The van der Waals surface area contributed by atoms with Crippen molar-refractivity contribution in [3.8, 4) is 6.07 Å². The molecule has 2 atom stereocenters. The summed E-state index contributed by atoms with van der Waals surface area (Å²) in [7, 11) is 0. The third-order valence-electron chi connectivity index (χ3n) is 3.26. The van der Waals surface area contributed by atoms with E-state index in [4.69, 9.17) is 14.7 Å². The molecule has 0 N–H and O–H groups in total. The summed E-state index contributed by atoms with van der Waals surface area (Å²) < 4.78 is 11.7. The van der Waals surface area contributed by atoms with Crippen LogP contribution in [0.25, 0.3) is 0 Å². The van der Waals surface area contributed by atoms with Gasteiger partial charge in [0.2, 0.25) is 0 Å². The highest BCUT2D eigenvalue weighted by Crippen LogP contribution is 2.24. The number of hydrogen-bond donors (Lipinski definition) is 0. The van der Waals surface area contributed by atoms with E-state index in [9.17, 15) is 0 Å². The second-order valence-electron chi connectivity index (χ2n) is 4.65. The Balaban J connectivity index is 1.87. The Morgan fingerprint density at radius 2 is 2.00 bits per heavy atom. The highest BCUT2D eigenvalue weighted by atomic mass is 16.6. The van der Waals surface area contributed by atoms with E-state index in [1.807, 2.05) is 24.3 Å². The zero-order valence-electron chi connectivity index (χ0n) is 10.8. The highest BCUT2D eigenvalue weighted by molar-refractivity contribution is 5.32. The zero-order chi connectivity index (χ0) is 12.8. The van der Waals surface area contributed by atoms with E-state index in [0.29, 0.717) is 18.8 Å². The van der Waals surface area contributed by atoms with E-state index in [1.165, 1.54) is 12.8 Å². The van der Waals surface area contributed by atoms with Crippen molar-refractivity contribution in [3.63, 3.8) is 0 Å². The van der Waals surface area contributed by atoms with Crippen molar-refractivity contribution in [3.05, 3.63) is 35.4 Å². The van der Waals surface area contributed by atoms with E-state index in [1.54, 1.807) is 0 Å². The second kappa shape index (κ2) is 6.53. The van der Waals surface area contributed by atoms with Gasteiger partial charge < -0.3 is 9.47 Å². The average Bonchev–Trinajstić information content (AvgIpc) is 2.46. The van der Waals surface area contributed by atoms with E-state index in [2.05, 4.69) is 13.0 Å². The summed E-state index contributed by atoms with van der Waals surface area (Å²) >= 11 is 0. The summed E-state index contributed by atoms with van der Waals surface area (Å²) in [5.41, 5.74) is 1.76. The molecular weight excluding hydrogens is 226 g/mol.